The molecule has 3 aliphatic rings. The molecular formula is C32H32F5N7O2S. The van der Waals surface area contributed by atoms with Gasteiger partial charge in [-0.25, -0.2) is 13.8 Å². The third kappa shape index (κ3) is 5.52. The Morgan fingerprint density at radius 2 is 2.02 bits per heavy atom. The predicted octanol–water partition coefficient (Wildman–Crippen LogP) is 5.82. The number of amides is 1. The van der Waals surface area contributed by atoms with Crippen LogP contribution in [0.25, 0.3) is 32.2 Å². The number of likely N-dealkylation sites (N-methyl/N-ethyl adjacent to an activating group) is 1. The third-order valence-electron chi connectivity index (χ3n) is 9.66. The van der Waals surface area contributed by atoms with Crippen molar-refractivity contribution in [3.8, 4) is 17.1 Å². The van der Waals surface area contributed by atoms with E-state index < -0.39 is 29.3 Å². The Kier molecular flexibility index (Phi) is 7.73. The molecule has 0 saturated carbocycles. The van der Waals surface area contributed by atoms with Crippen LogP contribution >= 0.6 is 11.3 Å². The number of fused-ring (bicyclic) bond motifs is 3. The Hall–Kier alpha value is -4.11. The van der Waals surface area contributed by atoms with Crippen molar-refractivity contribution < 1.29 is 31.5 Å². The lowest BCUT2D eigenvalue weighted by atomic mass is 9.95. The quantitative estimate of drug-likeness (QED) is 0.194. The molecular weight excluding hydrogens is 641 g/mol. The third-order valence-corrected chi connectivity index (χ3v) is 10.6. The van der Waals surface area contributed by atoms with Gasteiger partial charge in [0.1, 0.15) is 24.4 Å². The summed E-state index contributed by atoms with van der Waals surface area (Å²) in [7, 11) is 1.71. The Balaban J connectivity index is 1.37. The molecule has 9 nitrogen and oxygen atoms in total. The number of aromatic nitrogens is 3. The summed E-state index contributed by atoms with van der Waals surface area (Å²) < 4.78 is 79.7. The summed E-state index contributed by atoms with van der Waals surface area (Å²) in [5.41, 5.74) is 4.33. The van der Waals surface area contributed by atoms with Gasteiger partial charge in [-0.15, -0.1) is 0 Å². The Labute approximate surface area is 270 Å². The number of rotatable bonds is 7. The molecule has 3 fully saturated rings. The van der Waals surface area contributed by atoms with Crippen molar-refractivity contribution in [3.63, 3.8) is 0 Å². The van der Waals surface area contributed by atoms with Gasteiger partial charge in [0.25, 0.3) is 0 Å². The minimum Gasteiger partial charge on any atom is -0.461 e. The van der Waals surface area contributed by atoms with Crippen molar-refractivity contribution in [3.05, 3.63) is 48.3 Å². The first kappa shape index (κ1) is 31.5. The molecule has 0 bridgehead atoms. The molecule has 3 saturated heterocycles. The number of thiazole rings is 1. The van der Waals surface area contributed by atoms with E-state index in [-0.39, 0.29) is 67.8 Å². The second-order valence-corrected chi connectivity index (χ2v) is 13.5. The number of anilines is 2. The van der Waals surface area contributed by atoms with Gasteiger partial charge in [-0.1, -0.05) is 17.9 Å². The number of likely N-dealkylation sites (tertiary alicyclic amines) is 1. The fourth-order valence-electron chi connectivity index (χ4n) is 7.35. The highest BCUT2D eigenvalue weighted by molar-refractivity contribution is 7.22. The molecule has 5 heterocycles. The van der Waals surface area contributed by atoms with Crippen LogP contribution in [0, 0.1) is 5.82 Å². The standard InChI is InChI=1S/C32H32F5N7O2S/c1-3-25(45)43-10-7-18(15-43)42(2)28-21-11-22(32(35,36)37)20(19-5-6-23(34)27-26(19)40-29(38)47-27)12-24(21)39-30(41-28)46-16-31-8-4-9-44(31)14-17(33)13-31/h3,5-6,11-12,17-18H,1,4,7-10,13-16H2,2H3,(H2,38,40). The first-order valence-electron chi connectivity index (χ1n) is 15.3. The maximum Gasteiger partial charge on any atom is 0.417 e. The Morgan fingerprint density at radius 3 is 2.79 bits per heavy atom. The van der Waals surface area contributed by atoms with Crippen LogP contribution in [0.4, 0.5) is 32.9 Å². The molecule has 3 atom stereocenters. The van der Waals surface area contributed by atoms with E-state index in [1.54, 1.807) is 16.8 Å². The smallest absolute Gasteiger partial charge is 0.417 e. The lowest BCUT2D eigenvalue weighted by Crippen LogP contribution is -2.43. The molecule has 3 aliphatic heterocycles. The van der Waals surface area contributed by atoms with Gasteiger partial charge in [-0.2, -0.15) is 23.1 Å². The minimum atomic E-state index is -4.81. The molecule has 1 amide bonds. The zero-order valence-electron chi connectivity index (χ0n) is 25.5. The number of nitrogen functional groups attached to an aromatic ring is 1. The van der Waals surface area contributed by atoms with Crippen LogP contribution in [0.3, 0.4) is 0 Å². The number of nitrogens with zero attached hydrogens (tertiary/aromatic N) is 6. The average Bonchev–Trinajstić information content (AvgIpc) is 3.81. The summed E-state index contributed by atoms with van der Waals surface area (Å²) >= 11 is 0.850. The number of carbonyl (C=O) groups is 1. The molecule has 0 radical (unpaired) electrons. The van der Waals surface area contributed by atoms with Crippen LogP contribution in [0.1, 0.15) is 31.2 Å². The number of ether oxygens (including phenoxy) is 1. The molecule has 2 N–H and O–H groups in total. The van der Waals surface area contributed by atoms with Crippen molar-refractivity contribution in [2.75, 3.05) is 50.5 Å². The lowest BCUT2D eigenvalue weighted by molar-refractivity contribution is -0.137. The van der Waals surface area contributed by atoms with E-state index in [1.807, 2.05) is 0 Å². The SMILES string of the molecule is C=CC(=O)N1CCC(N(C)c2nc(OCC34CCCN3CC(F)C4)nc3cc(-c4ccc(F)c5sc(N)nc45)c(C(F)(F)F)cc23)C1. The fourth-order valence-corrected chi connectivity index (χ4v) is 8.11. The minimum absolute atomic E-state index is 0.0144. The Morgan fingerprint density at radius 1 is 1.21 bits per heavy atom. The predicted molar refractivity (Wildman–Crippen MR) is 170 cm³/mol. The van der Waals surface area contributed by atoms with Crippen LogP contribution in [-0.4, -0.2) is 88.2 Å². The number of alkyl halides is 4. The summed E-state index contributed by atoms with van der Waals surface area (Å²) in [4.78, 5) is 31.1. The van der Waals surface area contributed by atoms with Gasteiger partial charge in [0.2, 0.25) is 5.91 Å². The monoisotopic (exact) mass is 673 g/mol. The second kappa shape index (κ2) is 11.5. The van der Waals surface area contributed by atoms with Gasteiger partial charge < -0.3 is 20.3 Å². The Bertz CT molecular complexity index is 1900. The van der Waals surface area contributed by atoms with Crippen LogP contribution in [0.2, 0.25) is 0 Å². The van der Waals surface area contributed by atoms with E-state index >= 15 is 0 Å². The summed E-state index contributed by atoms with van der Waals surface area (Å²) in [5, 5.41) is 0.136. The number of halogens is 5. The normalized spacial score (nSPS) is 23.1. The van der Waals surface area contributed by atoms with E-state index in [9.17, 15) is 26.7 Å². The molecule has 0 aliphatic carbocycles. The van der Waals surface area contributed by atoms with Crippen molar-refractivity contribution in [1.29, 1.82) is 0 Å². The highest BCUT2D eigenvalue weighted by Crippen LogP contribution is 2.45. The van der Waals surface area contributed by atoms with Gasteiger partial charge in [0, 0.05) is 50.1 Å². The van der Waals surface area contributed by atoms with Crippen molar-refractivity contribution in [2.45, 2.75) is 49.6 Å². The second-order valence-electron chi connectivity index (χ2n) is 12.5. The van der Waals surface area contributed by atoms with Crippen LogP contribution in [0.5, 0.6) is 6.01 Å². The highest BCUT2D eigenvalue weighted by Gasteiger charge is 2.49. The topological polar surface area (TPSA) is 101 Å². The average molecular weight is 674 g/mol. The number of nitrogens with two attached hydrogens (primary N) is 1. The van der Waals surface area contributed by atoms with Crippen molar-refractivity contribution >= 4 is 49.3 Å². The van der Waals surface area contributed by atoms with E-state index in [0.717, 1.165) is 42.9 Å². The molecule has 248 valence electrons. The molecule has 4 aromatic rings. The maximum absolute atomic E-state index is 14.8. The molecule has 2 aromatic carbocycles. The van der Waals surface area contributed by atoms with Gasteiger partial charge in [0.15, 0.2) is 5.13 Å². The van der Waals surface area contributed by atoms with E-state index in [0.29, 0.717) is 32.5 Å². The van der Waals surface area contributed by atoms with Crippen LogP contribution in [-0.2, 0) is 11.0 Å². The zero-order valence-corrected chi connectivity index (χ0v) is 26.3. The fraction of sp³-hybridized carbons (Fsp3) is 0.438. The van der Waals surface area contributed by atoms with Gasteiger partial charge in [-0.05, 0) is 61.7 Å². The lowest BCUT2D eigenvalue weighted by Gasteiger charge is -2.31. The summed E-state index contributed by atoms with van der Waals surface area (Å²) in [6, 6.07) is 4.31. The molecule has 47 heavy (non-hydrogen) atoms. The maximum atomic E-state index is 14.8. The van der Waals surface area contributed by atoms with Crippen molar-refractivity contribution in [1.82, 2.24) is 24.8 Å². The number of hydrogen-bond acceptors (Lipinski definition) is 9. The van der Waals surface area contributed by atoms with Gasteiger partial charge in [-0.3, -0.25) is 9.69 Å². The summed E-state index contributed by atoms with van der Waals surface area (Å²) in [6.45, 7) is 5.53. The van der Waals surface area contributed by atoms with Crippen molar-refractivity contribution in [2.24, 2.45) is 0 Å². The number of benzene rings is 2. The van der Waals surface area contributed by atoms with E-state index in [2.05, 4.69) is 26.4 Å². The molecule has 2 aromatic heterocycles. The van der Waals surface area contributed by atoms with Crippen LogP contribution < -0.4 is 15.4 Å². The first-order valence-corrected chi connectivity index (χ1v) is 16.1. The van der Waals surface area contributed by atoms with Gasteiger partial charge >= 0.3 is 12.2 Å². The van der Waals surface area contributed by atoms with E-state index in [4.69, 9.17) is 10.5 Å². The van der Waals surface area contributed by atoms with Gasteiger partial charge in [0.05, 0.1) is 26.8 Å². The van der Waals surface area contributed by atoms with Crippen LogP contribution in [0.15, 0.2) is 36.9 Å². The largest absolute Gasteiger partial charge is 0.461 e. The zero-order chi connectivity index (χ0) is 33.2. The summed E-state index contributed by atoms with van der Waals surface area (Å²) in [5.74, 6) is -0.687. The number of hydrogen-bond donors (Lipinski definition) is 1. The highest BCUT2D eigenvalue weighted by atomic mass is 32.1. The molecule has 7 rings (SSSR count). The first-order chi connectivity index (χ1) is 22.4. The molecule has 15 heteroatoms. The van der Waals surface area contributed by atoms with E-state index in [1.165, 1.54) is 18.2 Å². The molecule has 0 spiro atoms. The summed E-state index contributed by atoms with van der Waals surface area (Å²) in [6.07, 6.45) is -2.04. The molecule has 3 unspecified atom stereocenters. The number of carbonyl (C=O) groups excluding carboxylic acids is 1.